The monoisotopic (exact) mass is 330 g/mol. The average Bonchev–Trinajstić information content (AvgIpc) is 2.95. The van der Waals surface area contributed by atoms with Crippen molar-refractivity contribution in [3.63, 3.8) is 0 Å². The summed E-state index contributed by atoms with van der Waals surface area (Å²) in [6, 6.07) is 15.7. The molecule has 3 rings (SSSR count). The number of aryl methyl sites for hydroxylation is 1. The molecule has 0 bridgehead atoms. The zero-order valence-electron chi connectivity index (χ0n) is 12.2. The Morgan fingerprint density at radius 1 is 1.00 bits per heavy atom. The van der Waals surface area contributed by atoms with Gasteiger partial charge in [0.1, 0.15) is 5.82 Å². The Balaban J connectivity index is 2.14. The van der Waals surface area contributed by atoms with E-state index < -0.39 is 0 Å². The van der Waals surface area contributed by atoms with Crippen molar-refractivity contribution in [1.29, 1.82) is 0 Å². The van der Waals surface area contributed by atoms with Gasteiger partial charge in [0, 0.05) is 16.8 Å². The van der Waals surface area contributed by atoms with Crippen molar-refractivity contribution in [3.05, 3.63) is 64.3 Å². The van der Waals surface area contributed by atoms with Crippen LogP contribution in [-0.2, 0) is 6.42 Å². The van der Waals surface area contributed by atoms with Crippen LogP contribution < -0.4 is 0 Å². The summed E-state index contributed by atoms with van der Waals surface area (Å²) in [5.74, 6) is 0.857. The van der Waals surface area contributed by atoms with Crippen molar-refractivity contribution in [2.75, 3.05) is 0 Å². The van der Waals surface area contributed by atoms with Crippen molar-refractivity contribution in [2.45, 2.75) is 19.8 Å². The standard InChI is InChI=1S/C18H16Cl2N2/c1-2-7-15-17(13-10-6-11-14(19)16(13)20)22-18(21-15)12-8-4-3-5-9-12/h3-6,8-11H,2,7H2,1H3,(H,21,22). The minimum absolute atomic E-state index is 0.547. The van der Waals surface area contributed by atoms with Gasteiger partial charge in [-0.05, 0) is 12.5 Å². The molecular weight excluding hydrogens is 315 g/mol. The third-order valence-electron chi connectivity index (χ3n) is 3.53. The Hall–Kier alpha value is -1.77. The lowest BCUT2D eigenvalue weighted by molar-refractivity contribution is 0.895. The molecule has 1 heterocycles. The molecule has 112 valence electrons. The van der Waals surface area contributed by atoms with E-state index in [0.717, 1.165) is 41.2 Å². The quantitative estimate of drug-likeness (QED) is 0.624. The number of hydrogen-bond donors (Lipinski definition) is 1. The first-order chi connectivity index (χ1) is 10.7. The maximum absolute atomic E-state index is 6.37. The van der Waals surface area contributed by atoms with Crippen LogP contribution in [0.25, 0.3) is 22.6 Å². The van der Waals surface area contributed by atoms with E-state index in [2.05, 4.69) is 11.9 Å². The summed E-state index contributed by atoms with van der Waals surface area (Å²) < 4.78 is 0. The number of nitrogens with zero attached hydrogens (tertiary/aromatic N) is 1. The summed E-state index contributed by atoms with van der Waals surface area (Å²) in [5.41, 5.74) is 3.90. The van der Waals surface area contributed by atoms with Gasteiger partial charge in [0.25, 0.3) is 0 Å². The van der Waals surface area contributed by atoms with Gasteiger partial charge in [-0.3, -0.25) is 0 Å². The van der Waals surface area contributed by atoms with Crippen LogP contribution in [0, 0.1) is 0 Å². The van der Waals surface area contributed by atoms with Crippen LogP contribution >= 0.6 is 23.2 Å². The minimum Gasteiger partial charge on any atom is -0.341 e. The van der Waals surface area contributed by atoms with Crippen LogP contribution in [-0.4, -0.2) is 9.97 Å². The highest BCUT2D eigenvalue weighted by Gasteiger charge is 2.16. The topological polar surface area (TPSA) is 28.7 Å². The first-order valence-corrected chi connectivity index (χ1v) is 8.05. The zero-order valence-corrected chi connectivity index (χ0v) is 13.7. The molecule has 3 aromatic rings. The first kappa shape index (κ1) is 15.1. The Kier molecular flexibility index (Phi) is 4.51. The van der Waals surface area contributed by atoms with Crippen LogP contribution in [0.1, 0.15) is 19.0 Å². The fraction of sp³-hybridized carbons (Fsp3) is 0.167. The summed E-state index contributed by atoms with van der Waals surface area (Å²) in [6.45, 7) is 2.15. The third-order valence-corrected chi connectivity index (χ3v) is 4.35. The Labute approximate surface area is 140 Å². The lowest BCUT2D eigenvalue weighted by Gasteiger charge is -2.05. The fourth-order valence-corrected chi connectivity index (χ4v) is 2.87. The summed E-state index contributed by atoms with van der Waals surface area (Å²) >= 11 is 12.5. The lowest BCUT2D eigenvalue weighted by Crippen LogP contribution is -1.89. The van der Waals surface area contributed by atoms with Crippen molar-refractivity contribution in [3.8, 4) is 22.6 Å². The number of halogens is 2. The number of imidazole rings is 1. The van der Waals surface area contributed by atoms with E-state index in [1.54, 1.807) is 6.07 Å². The molecule has 0 saturated carbocycles. The normalized spacial score (nSPS) is 10.9. The highest BCUT2D eigenvalue weighted by Crippen LogP contribution is 2.35. The Bertz CT molecular complexity index is 779. The van der Waals surface area contributed by atoms with E-state index in [0.29, 0.717) is 10.0 Å². The van der Waals surface area contributed by atoms with Crippen LogP contribution in [0.4, 0.5) is 0 Å². The molecule has 2 nitrogen and oxygen atoms in total. The van der Waals surface area contributed by atoms with Crippen molar-refractivity contribution in [2.24, 2.45) is 0 Å². The number of rotatable bonds is 4. The van der Waals surface area contributed by atoms with Gasteiger partial charge in [0.05, 0.1) is 15.7 Å². The van der Waals surface area contributed by atoms with Gasteiger partial charge in [-0.1, -0.05) is 79.0 Å². The molecule has 0 aliphatic carbocycles. The second-order valence-corrected chi connectivity index (χ2v) is 5.92. The van der Waals surface area contributed by atoms with Crippen LogP contribution in [0.2, 0.25) is 10.0 Å². The van der Waals surface area contributed by atoms with Gasteiger partial charge in [-0.25, -0.2) is 4.98 Å². The molecule has 0 radical (unpaired) electrons. The predicted molar refractivity (Wildman–Crippen MR) is 93.5 cm³/mol. The van der Waals surface area contributed by atoms with Crippen molar-refractivity contribution >= 4 is 23.2 Å². The summed E-state index contributed by atoms with van der Waals surface area (Å²) in [4.78, 5) is 8.20. The zero-order chi connectivity index (χ0) is 15.5. The number of aromatic nitrogens is 2. The predicted octanol–water partition coefficient (Wildman–Crippen LogP) is 6.00. The van der Waals surface area contributed by atoms with E-state index in [4.69, 9.17) is 28.2 Å². The van der Waals surface area contributed by atoms with Gasteiger partial charge in [0.15, 0.2) is 0 Å². The first-order valence-electron chi connectivity index (χ1n) is 7.29. The second kappa shape index (κ2) is 6.55. The Morgan fingerprint density at radius 3 is 2.50 bits per heavy atom. The molecule has 0 amide bonds. The summed E-state index contributed by atoms with van der Waals surface area (Å²) in [7, 11) is 0. The van der Waals surface area contributed by atoms with Crippen molar-refractivity contribution in [1.82, 2.24) is 9.97 Å². The molecule has 0 unspecified atom stereocenters. The number of hydrogen-bond acceptors (Lipinski definition) is 1. The highest BCUT2D eigenvalue weighted by atomic mass is 35.5. The molecule has 0 aliphatic heterocycles. The molecular formula is C18H16Cl2N2. The molecule has 0 spiro atoms. The van der Waals surface area contributed by atoms with E-state index >= 15 is 0 Å². The van der Waals surface area contributed by atoms with Gasteiger partial charge >= 0.3 is 0 Å². The molecule has 4 heteroatoms. The van der Waals surface area contributed by atoms with Crippen LogP contribution in [0.15, 0.2) is 48.5 Å². The second-order valence-electron chi connectivity index (χ2n) is 5.13. The van der Waals surface area contributed by atoms with E-state index in [1.807, 2.05) is 42.5 Å². The van der Waals surface area contributed by atoms with Gasteiger partial charge in [-0.2, -0.15) is 0 Å². The molecule has 0 atom stereocenters. The van der Waals surface area contributed by atoms with Gasteiger partial charge in [0.2, 0.25) is 0 Å². The van der Waals surface area contributed by atoms with E-state index in [9.17, 15) is 0 Å². The van der Waals surface area contributed by atoms with Gasteiger partial charge < -0.3 is 4.98 Å². The SMILES string of the molecule is CCCc1[nH]c(-c2ccccc2)nc1-c1cccc(Cl)c1Cl. The maximum Gasteiger partial charge on any atom is 0.138 e. The maximum atomic E-state index is 6.37. The van der Waals surface area contributed by atoms with Crippen LogP contribution in [0.5, 0.6) is 0 Å². The molecule has 1 aromatic heterocycles. The minimum atomic E-state index is 0.547. The lowest BCUT2D eigenvalue weighted by atomic mass is 10.1. The largest absolute Gasteiger partial charge is 0.341 e. The fourth-order valence-electron chi connectivity index (χ4n) is 2.48. The average molecular weight is 331 g/mol. The van der Waals surface area contributed by atoms with E-state index in [1.165, 1.54) is 0 Å². The van der Waals surface area contributed by atoms with E-state index in [-0.39, 0.29) is 0 Å². The molecule has 22 heavy (non-hydrogen) atoms. The third kappa shape index (κ3) is 2.90. The molecule has 0 aliphatic rings. The molecule has 0 fully saturated rings. The molecule has 2 aromatic carbocycles. The smallest absolute Gasteiger partial charge is 0.138 e. The summed E-state index contributed by atoms with van der Waals surface area (Å²) in [6.07, 6.45) is 1.94. The molecule has 0 saturated heterocycles. The Morgan fingerprint density at radius 2 is 1.77 bits per heavy atom. The number of aromatic amines is 1. The molecule has 1 N–H and O–H groups in total. The van der Waals surface area contributed by atoms with Gasteiger partial charge in [-0.15, -0.1) is 0 Å². The highest BCUT2D eigenvalue weighted by molar-refractivity contribution is 6.43. The number of H-pyrrole nitrogens is 1. The summed E-state index contributed by atoms with van der Waals surface area (Å²) in [5, 5.41) is 1.10. The van der Waals surface area contributed by atoms with Crippen LogP contribution in [0.3, 0.4) is 0 Å². The van der Waals surface area contributed by atoms with Crippen molar-refractivity contribution < 1.29 is 0 Å². The number of benzene rings is 2. The number of nitrogens with one attached hydrogen (secondary N) is 1.